The van der Waals surface area contributed by atoms with Crippen LogP contribution in [-0.4, -0.2) is 50.7 Å². The second kappa shape index (κ2) is 9.79. The lowest BCUT2D eigenvalue weighted by molar-refractivity contribution is -0.150. The van der Waals surface area contributed by atoms with Gasteiger partial charge in [-0.1, -0.05) is 19.4 Å². The number of carbonyl (C=O) groups excluding carboxylic acids is 2. The Kier molecular flexibility index (Phi) is 6.86. The maximum absolute atomic E-state index is 13.3. The van der Waals surface area contributed by atoms with Crippen molar-refractivity contribution in [2.24, 2.45) is 0 Å². The number of carbonyl (C=O) groups is 2. The SMILES string of the molecule is CCC[C@H]1C(=O)N(Cc2ccc3c(N)ncnc3c2)CCN1C(=O)C=Cc1cc(Br)cs1. The fraction of sp³-hybridized carbons (Fsp3) is 0.304. The largest absolute Gasteiger partial charge is 0.383 e. The second-order valence-corrected chi connectivity index (χ2v) is 9.57. The van der Waals surface area contributed by atoms with E-state index in [2.05, 4.69) is 25.9 Å². The molecule has 32 heavy (non-hydrogen) atoms. The molecular weight excluding hydrogens is 490 g/mol. The highest BCUT2D eigenvalue weighted by Gasteiger charge is 2.36. The second-order valence-electron chi connectivity index (χ2n) is 7.71. The highest BCUT2D eigenvalue weighted by Crippen LogP contribution is 2.24. The Bertz CT molecular complexity index is 1180. The summed E-state index contributed by atoms with van der Waals surface area (Å²) in [4.78, 5) is 39.0. The number of nitrogens with zero attached hydrogens (tertiary/aromatic N) is 4. The molecule has 9 heteroatoms. The minimum atomic E-state index is -0.445. The van der Waals surface area contributed by atoms with Gasteiger partial charge in [0.2, 0.25) is 11.8 Å². The fourth-order valence-electron chi connectivity index (χ4n) is 3.92. The minimum absolute atomic E-state index is 0.0129. The van der Waals surface area contributed by atoms with Gasteiger partial charge in [0.1, 0.15) is 18.2 Å². The predicted molar refractivity (Wildman–Crippen MR) is 131 cm³/mol. The number of nitrogens with two attached hydrogens (primary N) is 1. The van der Waals surface area contributed by atoms with Crippen molar-refractivity contribution in [3.05, 3.63) is 57.0 Å². The molecule has 3 aromatic rings. The average molecular weight is 514 g/mol. The first-order valence-corrected chi connectivity index (χ1v) is 12.1. The predicted octanol–water partition coefficient (Wildman–Crippen LogP) is 4.09. The van der Waals surface area contributed by atoms with Crippen molar-refractivity contribution in [1.29, 1.82) is 0 Å². The molecule has 1 fully saturated rings. The van der Waals surface area contributed by atoms with Crippen LogP contribution < -0.4 is 5.73 Å². The van der Waals surface area contributed by atoms with Crippen LogP contribution in [0.15, 0.2) is 46.5 Å². The van der Waals surface area contributed by atoms with E-state index in [1.54, 1.807) is 28.4 Å². The Balaban J connectivity index is 1.48. The van der Waals surface area contributed by atoms with Gasteiger partial charge in [-0.3, -0.25) is 9.59 Å². The van der Waals surface area contributed by atoms with Crippen LogP contribution in [0.3, 0.4) is 0 Å². The van der Waals surface area contributed by atoms with Gasteiger partial charge < -0.3 is 15.5 Å². The van der Waals surface area contributed by atoms with Crippen LogP contribution in [-0.2, 0) is 16.1 Å². The van der Waals surface area contributed by atoms with Crippen LogP contribution in [0.2, 0.25) is 0 Å². The number of anilines is 1. The van der Waals surface area contributed by atoms with Crippen molar-refractivity contribution in [2.45, 2.75) is 32.4 Å². The van der Waals surface area contributed by atoms with Gasteiger partial charge in [0, 0.05) is 45.8 Å². The van der Waals surface area contributed by atoms with Crippen molar-refractivity contribution < 1.29 is 9.59 Å². The monoisotopic (exact) mass is 513 g/mol. The number of hydrogen-bond donors (Lipinski definition) is 1. The average Bonchev–Trinajstić information content (AvgIpc) is 3.20. The van der Waals surface area contributed by atoms with E-state index in [4.69, 9.17) is 5.73 Å². The lowest BCUT2D eigenvalue weighted by Gasteiger charge is -2.40. The summed E-state index contributed by atoms with van der Waals surface area (Å²) in [6.45, 7) is 3.50. The molecule has 0 spiro atoms. The van der Waals surface area contributed by atoms with Crippen molar-refractivity contribution >= 4 is 61.9 Å². The summed E-state index contributed by atoms with van der Waals surface area (Å²) < 4.78 is 0.991. The molecule has 2 N–H and O–H groups in total. The summed E-state index contributed by atoms with van der Waals surface area (Å²) in [5.41, 5.74) is 7.64. The molecule has 3 heterocycles. The summed E-state index contributed by atoms with van der Waals surface area (Å²) in [6, 6.07) is 7.29. The molecule has 0 aliphatic carbocycles. The number of hydrogen-bond acceptors (Lipinski definition) is 6. The Morgan fingerprint density at radius 1 is 1.31 bits per heavy atom. The third-order valence-electron chi connectivity index (χ3n) is 5.51. The molecular formula is C23H24BrN5O2S. The van der Waals surface area contributed by atoms with Crippen molar-refractivity contribution in [3.63, 3.8) is 0 Å². The Hall–Kier alpha value is -2.78. The third kappa shape index (κ3) is 4.83. The first-order valence-electron chi connectivity index (χ1n) is 10.5. The number of piperazine rings is 1. The van der Waals surface area contributed by atoms with Gasteiger partial charge in [-0.15, -0.1) is 11.3 Å². The number of amides is 2. The first-order chi connectivity index (χ1) is 15.5. The van der Waals surface area contributed by atoms with Gasteiger partial charge in [-0.2, -0.15) is 0 Å². The Morgan fingerprint density at radius 3 is 2.91 bits per heavy atom. The van der Waals surface area contributed by atoms with Crippen molar-refractivity contribution in [2.75, 3.05) is 18.8 Å². The zero-order valence-corrected chi connectivity index (χ0v) is 20.1. The Morgan fingerprint density at radius 2 is 2.16 bits per heavy atom. The van der Waals surface area contributed by atoms with Crippen LogP contribution in [0, 0.1) is 0 Å². The standard InChI is InChI=1S/C23H24BrN5O2S/c1-2-3-20-23(31)28(12-15-4-6-18-19(10-15)26-14-27-22(18)25)8-9-29(20)21(30)7-5-17-11-16(24)13-32-17/h4-7,10-11,13-14,20H,2-3,8-9,12H2,1H3,(H2,25,26,27)/t20-/m0/s1. The van der Waals surface area contributed by atoms with Gasteiger partial charge in [-0.05, 0) is 52.2 Å². The van der Waals surface area contributed by atoms with Gasteiger partial charge in [0.05, 0.1) is 5.52 Å². The molecule has 2 amide bonds. The molecule has 1 atom stereocenters. The minimum Gasteiger partial charge on any atom is -0.383 e. The molecule has 0 radical (unpaired) electrons. The molecule has 0 unspecified atom stereocenters. The van der Waals surface area contributed by atoms with E-state index in [0.29, 0.717) is 31.9 Å². The molecule has 1 saturated heterocycles. The summed E-state index contributed by atoms with van der Waals surface area (Å²) in [5.74, 6) is 0.301. The van der Waals surface area contributed by atoms with Crippen LogP contribution in [0.4, 0.5) is 5.82 Å². The molecule has 2 aromatic heterocycles. The third-order valence-corrected chi connectivity index (χ3v) is 7.17. The highest BCUT2D eigenvalue weighted by molar-refractivity contribution is 9.10. The van der Waals surface area contributed by atoms with Crippen LogP contribution in [0.5, 0.6) is 0 Å². The lowest BCUT2D eigenvalue weighted by Crippen LogP contribution is -2.58. The van der Waals surface area contributed by atoms with Crippen LogP contribution >= 0.6 is 27.3 Å². The molecule has 1 aliphatic rings. The smallest absolute Gasteiger partial charge is 0.247 e. The summed E-state index contributed by atoms with van der Waals surface area (Å²) in [7, 11) is 0. The van der Waals surface area contributed by atoms with Gasteiger partial charge in [-0.25, -0.2) is 9.97 Å². The molecule has 0 saturated carbocycles. The molecule has 7 nitrogen and oxygen atoms in total. The normalized spacial score (nSPS) is 16.9. The molecule has 4 rings (SSSR count). The number of aromatic nitrogens is 2. The van der Waals surface area contributed by atoms with E-state index in [9.17, 15) is 9.59 Å². The van der Waals surface area contributed by atoms with Gasteiger partial charge >= 0.3 is 0 Å². The fourth-order valence-corrected chi connectivity index (χ4v) is 5.26. The highest BCUT2D eigenvalue weighted by atomic mass is 79.9. The number of benzene rings is 1. The number of halogens is 1. The maximum Gasteiger partial charge on any atom is 0.247 e. The number of fused-ring (bicyclic) bond motifs is 1. The van der Waals surface area contributed by atoms with E-state index in [1.165, 1.54) is 6.33 Å². The number of thiophene rings is 1. The van der Waals surface area contributed by atoms with Crippen molar-refractivity contribution in [1.82, 2.24) is 19.8 Å². The van der Waals surface area contributed by atoms with E-state index in [1.807, 2.05) is 41.5 Å². The first kappa shape index (κ1) is 22.4. The zero-order chi connectivity index (χ0) is 22.7. The van der Waals surface area contributed by atoms with E-state index in [-0.39, 0.29) is 11.8 Å². The lowest BCUT2D eigenvalue weighted by atomic mass is 10.0. The van der Waals surface area contributed by atoms with E-state index < -0.39 is 6.04 Å². The molecule has 166 valence electrons. The van der Waals surface area contributed by atoms with Crippen LogP contribution in [0.1, 0.15) is 30.2 Å². The number of nitrogen functional groups attached to an aromatic ring is 1. The number of rotatable bonds is 6. The van der Waals surface area contributed by atoms with E-state index >= 15 is 0 Å². The summed E-state index contributed by atoms with van der Waals surface area (Å²) in [6.07, 6.45) is 6.27. The van der Waals surface area contributed by atoms with Crippen LogP contribution in [0.25, 0.3) is 17.0 Å². The van der Waals surface area contributed by atoms with Crippen molar-refractivity contribution in [3.8, 4) is 0 Å². The molecule has 0 bridgehead atoms. The van der Waals surface area contributed by atoms with Gasteiger partial charge in [0.25, 0.3) is 0 Å². The maximum atomic E-state index is 13.3. The quantitative estimate of drug-likeness (QED) is 0.501. The van der Waals surface area contributed by atoms with E-state index in [0.717, 1.165) is 32.2 Å². The Labute approximate surface area is 199 Å². The summed E-state index contributed by atoms with van der Waals surface area (Å²) in [5, 5.41) is 2.77. The zero-order valence-electron chi connectivity index (χ0n) is 17.7. The molecule has 1 aromatic carbocycles. The summed E-state index contributed by atoms with van der Waals surface area (Å²) >= 11 is 4.98. The van der Waals surface area contributed by atoms with Gasteiger partial charge in [0.15, 0.2) is 0 Å². The topological polar surface area (TPSA) is 92.4 Å². The molecule has 1 aliphatic heterocycles.